The third kappa shape index (κ3) is 5.06. The van der Waals surface area contributed by atoms with Crippen LogP contribution in [0.5, 0.6) is 5.88 Å². The molecule has 2 fully saturated rings. The Kier molecular flexibility index (Phi) is 6.56. The van der Waals surface area contributed by atoms with Crippen molar-refractivity contribution >= 4 is 45.9 Å². The van der Waals surface area contributed by atoms with Crippen molar-refractivity contribution < 1.29 is 18.8 Å². The summed E-state index contributed by atoms with van der Waals surface area (Å²) in [6.07, 6.45) is 4.24. The van der Waals surface area contributed by atoms with Crippen LogP contribution in [0.3, 0.4) is 0 Å². The number of benzene rings is 2. The zero-order valence-electron chi connectivity index (χ0n) is 20.0. The van der Waals surface area contributed by atoms with E-state index in [0.29, 0.717) is 34.1 Å². The maximum absolute atomic E-state index is 13.9. The van der Waals surface area contributed by atoms with Gasteiger partial charge in [-0.15, -0.1) is 11.3 Å². The number of hydrogen-bond donors (Lipinski definition) is 1. The molecule has 2 amide bonds. The Bertz CT molecular complexity index is 1460. The molecule has 3 heterocycles. The molecule has 1 saturated heterocycles. The van der Waals surface area contributed by atoms with Gasteiger partial charge in [-0.1, -0.05) is 35.9 Å². The molecule has 190 valence electrons. The first kappa shape index (κ1) is 23.9. The van der Waals surface area contributed by atoms with E-state index in [9.17, 15) is 9.59 Å². The van der Waals surface area contributed by atoms with Gasteiger partial charge < -0.3 is 19.5 Å². The molecule has 0 spiro atoms. The minimum absolute atomic E-state index is 0.111. The summed E-state index contributed by atoms with van der Waals surface area (Å²) in [7, 11) is 0. The minimum Gasteiger partial charge on any atom is -0.387 e. The Balaban J connectivity index is 1.19. The number of aromatic nitrogens is 2. The molecule has 0 radical (unpaired) electrons. The van der Waals surface area contributed by atoms with Crippen molar-refractivity contribution in [1.29, 1.82) is 0 Å². The average Bonchev–Trinajstić information content (AvgIpc) is 3.55. The van der Waals surface area contributed by atoms with Crippen LogP contribution in [0.1, 0.15) is 53.5 Å². The third-order valence-corrected chi connectivity index (χ3v) is 8.27. The predicted octanol–water partition coefficient (Wildman–Crippen LogP) is 6.27. The highest BCUT2D eigenvalue weighted by Gasteiger charge is 2.34. The Morgan fingerprint density at radius 3 is 2.84 bits per heavy atom. The lowest BCUT2D eigenvalue weighted by molar-refractivity contribution is 0.0607. The van der Waals surface area contributed by atoms with Crippen LogP contribution >= 0.6 is 22.9 Å². The highest BCUT2D eigenvalue weighted by atomic mass is 35.5. The van der Waals surface area contributed by atoms with Crippen LogP contribution in [-0.4, -0.2) is 46.2 Å². The number of likely N-dealkylation sites (tertiary alicyclic amines) is 1. The minimum atomic E-state index is -0.638. The van der Waals surface area contributed by atoms with E-state index in [0.717, 1.165) is 47.6 Å². The van der Waals surface area contributed by atoms with E-state index in [2.05, 4.69) is 10.5 Å². The van der Waals surface area contributed by atoms with Crippen molar-refractivity contribution in [3.8, 4) is 16.3 Å². The van der Waals surface area contributed by atoms with Gasteiger partial charge in [-0.05, 0) is 67.1 Å². The van der Waals surface area contributed by atoms with Crippen molar-refractivity contribution in [2.45, 2.75) is 44.1 Å². The van der Waals surface area contributed by atoms with Gasteiger partial charge in [0.1, 0.15) is 5.69 Å². The Morgan fingerprint density at radius 1 is 1.14 bits per heavy atom. The number of halogens is 1. The smallest absolute Gasteiger partial charge is 0.387 e. The van der Waals surface area contributed by atoms with E-state index in [1.54, 1.807) is 23.5 Å². The lowest BCUT2D eigenvalue weighted by Gasteiger charge is -2.35. The topological polar surface area (TPSA) is 97.6 Å². The van der Waals surface area contributed by atoms with E-state index < -0.39 is 6.09 Å². The molecule has 37 heavy (non-hydrogen) atoms. The Labute approximate surface area is 222 Å². The zero-order chi connectivity index (χ0) is 25.4. The number of nitrogens with one attached hydrogen (secondary N) is 1. The van der Waals surface area contributed by atoms with Crippen LogP contribution in [0.2, 0.25) is 5.02 Å². The number of nitrogens with zero attached hydrogens (tertiary/aromatic N) is 3. The fourth-order valence-electron chi connectivity index (χ4n) is 4.69. The second-order valence-corrected chi connectivity index (χ2v) is 10.9. The van der Waals surface area contributed by atoms with Gasteiger partial charge >= 0.3 is 6.09 Å². The van der Waals surface area contributed by atoms with Gasteiger partial charge in [0.25, 0.3) is 11.8 Å². The summed E-state index contributed by atoms with van der Waals surface area (Å²) in [5, 5.41) is 8.90. The van der Waals surface area contributed by atoms with Crippen LogP contribution in [-0.2, 0) is 0 Å². The second kappa shape index (κ2) is 10.1. The van der Waals surface area contributed by atoms with Gasteiger partial charge in [0, 0.05) is 30.1 Å². The molecule has 1 aliphatic carbocycles. The number of fused-ring (bicyclic) bond motifs is 1. The molecular weight excluding hydrogens is 512 g/mol. The first-order valence-electron chi connectivity index (χ1n) is 12.4. The molecule has 0 unspecified atom stereocenters. The molecule has 4 aromatic rings. The van der Waals surface area contributed by atoms with Crippen molar-refractivity contribution in [3.05, 3.63) is 64.3 Å². The summed E-state index contributed by atoms with van der Waals surface area (Å²) < 4.78 is 10.6. The van der Waals surface area contributed by atoms with Crippen LogP contribution in [0, 0.1) is 0 Å². The first-order valence-corrected chi connectivity index (χ1v) is 13.6. The number of hydrogen-bond acceptors (Lipinski definition) is 7. The van der Waals surface area contributed by atoms with E-state index in [1.165, 1.54) is 0 Å². The Hall–Kier alpha value is -3.43. The van der Waals surface area contributed by atoms with Crippen LogP contribution in [0.4, 0.5) is 4.79 Å². The summed E-state index contributed by atoms with van der Waals surface area (Å²) in [6.45, 7) is 0.881. The maximum Gasteiger partial charge on any atom is 0.414 e. The number of thiazole rings is 1. The molecule has 1 atom stereocenters. The summed E-state index contributed by atoms with van der Waals surface area (Å²) in [5.74, 6) is 0.442. The summed E-state index contributed by atoms with van der Waals surface area (Å²) >= 11 is 7.84. The van der Waals surface area contributed by atoms with Crippen LogP contribution in [0.15, 0.2) is 53.1 Å². The lowest BCUT2D eigenvalue weighted by Crippen LogP contribution is -2.50. The molecule has 8 nitrogen and oxygen atoms in total. The quantitative estimate of drug-likeness (QED) is 0.312. The third-order valence-electron chi connectivity index (χ3n) is 6.76. The number of amides is 2. The van der Waals surface area contributed by atoms with Gasteiger partial charge in [-0.3, -0.25) is 4.79 Å². The summed E-state index contributed by atoms with van der Waals surface area (Å²) in [4.78, 5) is 33.9. The van der Waals surface area contributed by atoms with E-state index >= 15 is 0 Å². The zero-order valence-corrected chi connectivity index (χ0v) is 21.6. The highest BCUT2D eigenvalue weighted by Crippen LogP contribution is 2.45. The molecule has 1 N–H and O–H groups in total. The standard InChI is InChI=1S/C27H25ClN4O4S/c28-18-7-5-6-17(14-18)23-22(30-25(37-23)16-11-12-16)26(33)32-13-4-3-8-19(32)15-29-27(34)35-24-20-9-1-2-10-21(20)36-31-24/h1-2,5-7,9-10,14,16,19H,3-4,8,11-13,15H2,(H,29,34)/t19-/m0/s1. The monoisotopic (exact) mass is 536 g/mol. The number of piperidine rings is 1. The van der Waals surface area contributed by atoms with Crippen molar-refractivity contribution in [2.75, 3.05) is 13.1 Å². The van der Waals surface area contributed by atoms with Gasteiger partial charge in [-0.25, -0.2) is 9.78 Å². The summed E-state index contributed by atoms with van der Waals surface area (Å²) in [6, 6.07) is 14.6. The predicted molar refractivity (Wildman–Crippen MR) is 141 cm³/mol. The number of rotatable bonds is 6. The van der Waals surface area contributed by atoms with E-state index in [4.69, 9.17) is 25.8 Å². The lowest BCUT2D eigenvalue weighted by atomic mass is 10.0. The largest absolute Gasteiger partial charge is 0.414 e. The number of para-hydroxylation sites is 1. The average molecular weight is 537 g/mol. The normalized spacial score (nSPS) is 17.6. The van der Waals surface area contributed by atoms with E-state index in [1.807, 2.05) is 41.3 Å². The summed E-state index contributed by atoms with van der Waals surface area (Å²) in [5.41, 5.74) is 1.91. The molecule has 0 bridgehead atoms. The second-order valence-electron chi connectivity index (χ2n) is 9.42. The molecule has 2 aromatic carbocycles. The first-order chi connectivity index (χ1) is 18.1. The molecular formula is C27H25ClN4O4S. The fraction of sp³-hybridized carbons (Fsp3) is 0.333. The highest BCUT2D eigenvalue weighted by molar-refractivity contribution is 7.15. The van der Waals surface area contributed by atoms with Crippen LogP contribution < -0.4 is 10.1 Å². The van der Waals surface area contributed by atoms with Crippen molar-refractivity contribution in [3.63, 3.8) is 0 Å². The van der Waals surface area contributed by atoms with Crippen molar-refractivity contribution in [1.82, 2.24) is 20.4 Å². The molecule has 1 aliphatic heterocycles. The molecule has 6 rings (SSSR count). The Morgan fingerprint density at radius 2 is 2.00 bits per heavy atom. The maximum atomic E-state index is 13.9. The van der Waals surface area contributed by atoms with Gasteiger partial charge in [0.2, 0.25) is 0 Å². The van der Waals surface area contributed by atoms with E-state index in [-0.39, 0.29) is 24.4 Å². The number of carbonyl (C=O) groups is 2. The number of ether oxygens (including phenoxy) is 1. The molecule has 1 saturated carbocycles. The molecule has 10 heteroatoms. The molecule has 2 aromatic heterocycles. The van der Waals surface area contributed by atoms with Gasteiger partial charge in [-0.2, -0.15) is 0 Å². The number of carbonyl (C=O) groups excluding carboxylic acids is 2. The van der Waals surface area contributed by atoms with Gasteiger partial charge in [0.15, 0.2) is 5.58 Å². The van der Waals surface area contributed by atoms with Gasteiger partial charge in [0.05, 0.1) is 15.3 Å². The fourth-order valence-corrected chi connectivity index (χ4v) is 6.10. The SMILES string of the molecule is O=C(NC[C@@H]1CCCCN1C(=O)c1nc(C2CC2)sc1-c1cccc(Cl)c1)Oc1noc2ccccc12. The molecule has 2 aliphatic rings. The van der Waals surface area contributed by atoms with Crippen LogP contribution in [0.25, 0.3) is 21.4 Å². The van der Waals surface area contributed by atoms with Crippen molar-refractivity contribution in [2.24, 2.45) is 0 Å².